The minimum atomic E-state index is 0.346. The van der Waals surface area contributed by atoms with Crippen molar-refractivity contribution in [2.24, 2.45) is 29.6 Å². The van der Waals surface area contributed by atoms with Crippen molar-refractivity contribution < 1.29 is 0 Å². The Kier molecular flexibility index (Phi) is 2.25. The Hall–Kier alpha value is -1.33. The van der Waals surface area contributed by atoms with Crippen LogP contribution >= 0.6 is 0 Å². The molecule has 4 aliphatic rings. The molecule has 0 aromatic carbocycles. The van der Waals surface area contributed by atoms with E-state index in [1.807, 2.05) is 0 Å². The number of hydrogen-bond acceptors (Lipinski definition) is 5. The van der Waals surface area contributed by atoms with Crippen LogP contribution in [0.3, 0.4) is 0 Å². The van der Waals surface area contributed by atoms with Crippen LogP contribution < -0.4 is 11.2 Å². The molecule has 1 aromatic rings. The molecule has 0 unspecified atom stereocenters. The molecule has 18 heavy (non-hydrogen) atoms. The lowest BCUT2D eigenvalue weighted by Gasteiger charge is -2.54. The van der Waals surface area contributed by atoms with Crippen LogP contribution in [-0.2, 0) is 0 Å². The van der Waals surface area contributed by atoms with Crippen molar-refractivity contribution in [2.75, 3.05) is 17.7 Å². The first-order chi connectivity index (χ1) is 8.79. The number of nitrogens with two attached hydrogens (primary N) is 1. The molecule has 4 fully saturated rings. The molecule has 5 rings (SSSR count). The molecule has 6 heteroatoms. The summed E-state index contributed by atoms with van der Waals surface area (Å²) in [6.45, 7) is 0.962. The molecule has 1 aromatic heterocycles. The number of rotatable bonds is 3. The molecule has 98 valence electrons. The zero-order chi connectivity index (χ0) is 12.1. The third-order valence-electron chi connectivity index (χ3n) is 5.39. The Bertz CT molecular complexity index is 414. The van der Waals surface area contributed by atoms with Crippen LogP contribution in [0.5, 0.6) is 0 Å². The average Bonchev–Trinajstić information content (AvgIpc) is 2.73. The summed E-state index contributed by atoms with van der Waals surface area (Å²) in [6.07, 6.45) is 7.30. The lowest BCUT2D eigenvalue weighted by atomic mass is 9.52. The molecule has 4 bridgehead atoms. The second-order valence-electron chi connectivity index (χ2n) is 6.41. The highest BCUT2D eigenvalue weighted by molar-refractivity contribution is 5.12. The van der Waals surface area contributed by atoms with E-state index in [9.17, 15) is 0 Å². The highest BCUT2D eigenvalue weighted by atomic mass is 15.7. The van der Waals surface area contributed by atoms with Crippen LogP contribution in [0.15, 0.2) is 0 Å². The molecule has 4 saturated carbocycles. The number of nitrogens with zero attached hydrogens (tertiary/aromatic N) is 4. The average molecular weight is 248 g/mol. The maximum atomic E-state index is 5.67. The Labute approximate surface area is 106 Å². The molecule has 3 N–H and O–H groups in total. The van der Waals surface area contributed by atoms with Crippen molar-refractivity contribution in [3.63, 3.8) is 0 Å². The van der Waals surface area contributed by atoms with E-state index in [1.165, 1.54) is 36.9 Å². The summed E-state index contributed by atoms with van der Waals surface area (Å²) in [7, 11) is 0. The number of hydrogen-bond donors (Lipinski definition) is 2. The van der Waals surface area contributed by atoms with Crippen molar-refractivity contribution in [1.29, 1.82) is 0 Å². The second-order valence-corrected chi connectivity index (χ2v) is 6.41. The molecule has 0 amide bonds. The van der Waals surface area contributed by atoms with E-state index in [0.717, 1.165) is 36.1 Å². The van der Waals surface area contributed by atoms with Gasteiger partial charge in [-0.1, -0.05) is 5.10 Å². The number of nitrogens with one attached hydrogen (secondary N) is 1. The molecule has 0 aliphatic heterocycles. The molecule has 6 nitrogen and oxygen atoms in total. The maximum absolute atomic E-state index is 5.67. The lowest BCUT2D eigenvalue weighted by Crippen LogP contribution is -2.48. The van der Waals surface area contributed by atoms with Gasteiger partial charge in [0.25, 0.3) is 5.95 Å². The molecule has 4 aliphatic carbocycles. The van der Waals surface area contributed by atoms with Gasteiger partial charge in [-0.05, 0) is 72.1 Å². The fraction of sp³-hybridized carbons (Fsp3) is 0.917. The Balaban J connectivity index is 1.45. The highest BCUT2D eigenvalue weighted by Crippen LogP contribution is 2.56. The lowest BCUT2D eigenvalue weighted by molar-refractivity contribution is -0.0315. The van der Waals surface area contributed by atoms with Gasteiger partial charge < -0.3 is 11.2 Å². The summed E-state index contributed by atoms with van der Waals surface area (Å²) in [6, 6.07) is 0. The Morgan fingerprint density at radius 3 is 2.33 bits per heavy atom. The first kappa shape index (κ1) is 10.6. The van der Waals surface area contributed by atoms with Crippen LogP contribution in [0.25, 0.3) is 0 Å². The van der Waals surface area contributed by atoms with Gasteiger partial charge in [0, 0.05) is 6.54 Å². The third-order valence-corrected chi connectivity index (χ3v) is 5.39. The van der Waals surface area contributed by atoms with Crippen LogP contribution in [0.4, 0.5) is 5.95 Å². The van der Waals surface area contributed by atoms with Gasteiger partial charge >= 0.3 is 0 Å². The maximum Gasteiger partial charge on any atom is 0.260 e. The number of tetrazole rings is 1. The number of anilines is 1. The summed E-state index contributed by atoms with van der Waals surface area (Å²) in [4.78, 5) is 1.51. The smallest absolute Gasteiger partial charge is 0.260 e. The van der Waals surface area contributed by atoms with Gasteiger partial charge in [0.05, 0.1) is 0 Å². The van der Waals surface area contributed by atoms with Gasteiger partial charge in [-0.2, -0.15) is 0 Å². The largest absolute Gasteiger partial charge is 0.365 e. The van der Waals surface area contributed by atoms with Crippen molar-refractivity contribution in [3.8, 4) is 0 Å². The van der Waals surface area contributed by atoms with Crippen molar-refractivity contribution in [3.05, 3.63) is 0 Å². The summed E-state index contributed by atoms with van der Waals surface area (Å²) in [5.74, 6) is 5.04. The van der Waals surface area contributed by atoms with Gasteiger partial charge in [0.15, 0.2) is 0 Å². The molecular formula is C12H20N6. The predicted molar refractivity (Wildman–Crippen MR) is 67.0 cm³/mol. The summed E-state index contributed by atoms with van der Waals surface area (Å²) in [5, 5.41) is 11.1. The van der Waals surface area contributed by atoms with Gasteiger partial charge in [-0.3, -0.25) is 0 Å². The van der Waals surface area contributed by atoms with Crippen LogP contribution in [0, 0.1) is 29.6 Å². The molecule has 0 atom stereocenters. The normalized spacial score (nSPS) is 41.2. The quantitative estimate of drug-likeness (QED) is 0.829. The highest BCUT2D eigenvalue weighted by Gasteiger charge is 2.47. The fourth-order valence-corrected chi connectivity index (χ4v) is 4.87. The van der Waals surface area contributed by atoms with Gasteiger partial charge in [-0.25, -0.2) is 0 Å². The zero-order valence-electron chi connectivity index (χ0n) is 10.5. The first-order valence-corrected chi connectivity index (χ1v) is 7.07. The fourth-order valence-electron chi connectivity index (χ4n) is 4.87. The Morgan fingerprint density at radius 1 is 1.11 bits per heavy atom. The zero-order valence-corrected chi connectivity index (χ0v) is 10.5. The summed E-state index contributed by atoms with van der Waals surface area (Å²) in [5.41, 5.74) is 8.94. The minimum Gasteiger partial charge on any atom is -0.365 e. The summed E-state index contributed by atoms with van der Waals surface area (Å²) >= 11 is 0. The first-order valence-electron chi connectivity index (χ1n) is 7.07. The Morgan fingerprint density at radius 2 is 1.78 bits per heavy atom. The third kappa shape index (κ3) is 1.58. The molecule has 0 saturated heterocycles. The van der Waals surface area contributed by atoms with E-state index in [-0.39, 0.29) is 0 Å². The predicted octanol–water partition coefficient (Wildman–Crippen LogP) is 0.871. The number of nitrogen functional groups attached to an aromatic ring is 1. The van der Waals surface area contributed by atoms with Crippen LogP contribution in [-0.4, -0.2) is 26.9 Å². The van der Waals surface area contributed by atoms with E-state index in [1.54, 1.807) is 0 Å². The number of aromatic nitrogens is 4. The molecule has 1 heterocycles. The molecular weight excluding hydrogens is 228 g/mol. The van der Waals surface area contributed by atoms with Gasteiger partial charge in [-0.15, -0.1) is 4.79 Å². The topological polar surface area (TPSA) is 81.7 Å². The van der Waals surface area contributed by atoms with Gasteiger partial charge in [0.1, 0.15) is 0 Å². The van der Waals surface area contributed by atoms with E-state index in [0.29, 0.717) is 5.95 Å². The van der Waals surface area contributed by atoms with Crippen molar-refractivity contribution in [2.45, 2.75) is 32.1 Å². The second kappa shape index (κ2) is 3.83. The van der Waals surface area contributed by atoms with Crippen molar-refractivity contribution in [1.82, 2.24) is 20.3 Å². The monoisotopic (exact) mass is 248 g/mol. The van der Waals surface area contributed by atoms with E-state index < -0.39 is 0 Å². The minimum absolute atomic E-state index is 0.346. The summed E-state index contributed by atoms with van der Waals surface area (Å²) < 4.78 is 0. The van der Waals surface area contributed by atoms with Crippen molar-refractivity contribution >= 4 is 5.95 Å². The van der Waals surface area contributed by atoms with E-state index in [4.69, 9.17) is 5.73 Å². The standard InChI is InChI=1S/C12H20N6/c13-12-15-16-17-18(12)14-6-11-9-2-7-1-8(4-9)5-10(11)3-7/h7-11,14H,1-6H2,(H2,13,15,17). The molecule has 0 spiro atoms. The van der Waals surface area contributed by atoms with Crippen LogP contribution in [0.1, 0.15) is 32.1 Å². The van der Waals surface area contributed by atoms with Crippen LogP contribution in [0.2, 0.25) is 0 Å². The van der Waals surface area contributed by atoms with Gasteiger partial charge in [0.2, 0.25) is 0 Å². The van der Waals surface area contributed by atoms with E-state index >= 15 is 0 Å². The SMILES string of the molecule is Nc1nnnn1NCC1C2CC3CC(C2)CC1C3. The van der Waals surface area contributed by atoms with E-state index in [2.05, 4.69) is 21.0 Å². The molecule has 0 radical (unpaired) electrons.